The summed E-state index contributed by atoms with van der Waals surface area (Å²) >= 11 is 0. The van der Waals surface area contributed by atoms with Gasteiger partial charge < -0.3 is 19.8 Å². The van der Waals surface area contributed by atoms with E-state index in [1.807, 2.05) is 21.1 Å². The highest BCUT2D eigenvalue weighted by Gasteiger charge is 2.28. The molecule has 0 aliphatic heterocycles. The normalized spacial score (nSPS) is 15.0. The molecule has 0 rings (SSSR count). The topological polar surface area (TPSA) is 105 Å². The van der Waals surface area contributed by atoms with Crippen molar-refractivity contribution >= 4 is 13.7 Å². The Morgan fingerprint density at radius 3 is 1.65 bits per heavy atom. The van der Waals surface area contributed by atoms with Crippen molar-refractivity contribution in [3.63, 3.8) is 0 Å². The standard InChI is InChI=1S/C43H81N2O6P/c1-6-8-10-11-12-13-14-15-16-17-18-19-20-21-22-23-24-25-26-27-28-29-30-31-32-33-35-37-43(47)44-41(42(46)36-34-9-7-2)40-51-52(48,49)50-39-38-45(3,4)5/h8,10,12-13,15-16,18-19,41-42,46H,6-7,9,11,14,17,20-40H2,1-5H3,(H-,44,47,48,49)/p+1/b10-8-,13-12-,16-15-,19-18-. The van der Waals surface area contributed by atoms with Gasteiger partial charge in [0.2, 0.25) is 5.91 Å². The third kappa shape index (κ3) is 36.8. The van der Waals surface area contributed by atoms with Crippen molar-refractivity contribution in [2.45, 2.75) is 180 Å². The maximum Gasteiger partial charge on any atom is 0.472 e. The zero-order valence-corrected chi connectivity index (χ0v) is 35.2. The summed E-state index contributed by atoms with van der Waals surface area (Å²) in [5.74, 6) is -0.160. The van der Waals surface area contributed by atoms with Crippen LogP contribution in [0.3, 0.4) is 0 Å². The molecule has 3 unspecified atom stereocenters. The number of aliphatic hydroxyl groups is 1. The first-order valence-corrected chi connectivity index (χ1v) is 22.5. The Morgan fingerprint density at radius 2 is 1.15 bits per heavy atom. The lowest BCUT2D eigenvalue weighted by atomic mass is 10.0. The lowest BCUT2D eigenvalue weighted by molar-refractivity contribution is -0.870. The van der Waals surface area contributed by atoms with Crippen molar-refractivity contribution in [2.24, 2.45) is 0 Å². The third-order valence-electron chi connectivity index (χ3n) is 9.09. The number of unbranched alkanes of at least 4 members (excludes halogenated alkanes) is 16. The van der Waals surface area contributed by atoms with Crippen LogP contribution in [0.5, 0.6) is 0 Å². The van der Waals surface area contributed by atoms with E-state index in [1.165, 1.54) is 77.0 Å². The Labute approximate surface area is 320 Å². The molecule has 0 radical (unpaired) electrons. The van der Waals surface area contributed by atoms with Crippen LogP contribution < -0.4 is 5.32 Å². The fraction of sp³-hybridized carbons (Fsp3) is 0.791. The van der Waals surface area contributed by atoms with Crippen LogP contribution >= 0.6 is 7.82 Å². The molecule has 0 aromatic rings. The Hall–Kier alpha value is -1.54. The van der Waals surface area contributed by atoms with Crippen LogP contribution in [0.1, 0.15) is 168 Å². The second-order valence-electron chi connectivity index (χ2n) is 15.3. The van der Waals surface area contributed by atoms with Crippen LogP contribution in [-0.4, -0.2) is 73.4 Å². The zero-order chi connectivity index (χ0) is 38.6. The summed E-state index contributed by atoms with van der Waals surface area (Å²) in [4.78, 5) is 22.8. The SMILES string of the molecule is CC/C=C\C/C=C\C/C=C\C/C=C\CCCCCCCCCCCCCCCCC(=O)NC(COP(=O)(O)OCC[N+](C)(C)C)C(O)CCCCC. The van der Waals surface area contributed by atoms with Crippen LogP contribution in [0, 0.1) is 0 Å². The Morgan fingerprint density at radius 1 is 0.673 bits per heavy atom. The fourth-order valence-electron chi connectivity index (χ4n) is 5.74. The molecule has 0 aromatic heterocycles. The van der Waals surface area contributed by atoms with Crippen LogP contribution in [0.2, 0.25) is 0 Å². The number of carbonyl (C=O) groups excluding carboxylic acids is 1. The number of aliphatic hydroxyl groups excluding tert-OH is 1. The van der Waals surface area contributed by atoms with Crippen LogP contribution in [-0.2, 0) is 18.4 Å². The minimum Gasteiger partial charge on any atom is -0.391 e. The molecule has 0 aromatic carbocycles. The molecule has 0 fully saturated rings. The molecule has 304 valence electrons. The van der Waals surface area contributed by atoms with Gasteiger partial charge in [-0.05, 0) is 51.4 Å². The molecule has 0 saturated heterocycles. The van der Waals surface area contributed by atoms with Gasteiger partial charge in [-0.15, -0.1) is 0 Å². The average Bonchev–Trinajstić information content (AvgIpc) is 3.09. The summed E-state index contributed by atoms with van der Waals surface area (Å²) in [6.07, 6.45) is 43.7. The Bertz CT molecular complexity index is 991. The number of hydrogen-bond donors (Lipinski definition) is 3. The number of likely N-dealkylation sites (N-methyl/N-ethyl adjacent to an activating group) is 1. The molecule has 1 amide bonds. The molecule has 0 heterocycles. The van der Waals surface area contributed by atoms with Crippen molar-refractivity contribution in [2.75, 3.05) is 40.9 Å². The number of hydrogen-bond acceptors (Lipinski definition) is 5. The van der Waals surface area contributed by atoms with E-state index in [-0.39, 0.29) is 19.1 Å². The molecular formula is C43H82N2O6P+. The van der Waals surface area contributed by atoms with E-state index in [0.29, 0.717) is 23.9 Å². The summed E-state index contributed by atoms with van der Waals surface area (Å²) in [5.41, 5.74) is 0. The van der Waals surface area contributed by atoms with Crippen molar-refractivity contribution in [3.8, 4) is 0 Å². The van der Waals surface area contributed by atoms with Crippen LogP contribution in [0.4, 0.5) is 0 Å². The van der Waals surface area contributed by atoms with Gasteiger partial charge in [0.25, 0.3) is 0 Å². The molecule has 0 aliphatic rings. The minimum atomic E-state index is -4.29. The van der Waals surface area contributed by atoms with Gasteiger partial charge in [0.1, 0.15) is 13.2 Å². The molecule has 3 N–H and O–H groups in total. The maximum absolute atomic E-state index is 12.7. The van der Waals surface area contributed by atoms with E-state index < -0.39 is 20.0 Å². The van der Waals surface area contributed by atoms with E-state index in [1.54, 1.807) is 0 Å². The minimum absolute atomic E-state index is 0.0718. The van der Waals surface area contributed by atoms with Crippen molar-refractivity contribution in [3.05, 3.63) is 48.6 Å². The monoisotopic (exact) mass is 754 g/mol. The van der Waals surface area contributed by atoms with E-state index in [4.69, 9.17) is 9.05 Å². The van der Waals surface area contributed by atoms with Gasteiger partial charge in [-0.25, -0.2) is 4.57 Å². The first-order chi connectivity index (χ1) is 25.0. The number of allylic oxidation sites excluding steroid dienone is 8. The highest BCUT2D eigenvalue weighted by molar-refractivity contribution is 7.47. The van der Waals surface area contributed by atoms with Gasteiger partial charge in [-0.3, -0.25) is 13.8 Å². The van der Waals surface area contributed by atoms with Gasteiger partial charge in [-0.1, -0.05) is 159 Å². The molecule has 9 heteroatoms. The Kier molecular flexibility index (Phi) is 34.1. The second kappa shape index (κ2) is 35.2. The average molecular weight is 754 g/mol. The number of carbonyl (C=O) groups is 1. The molecular weight excluding hydrogens is 671 g/mol. The number of phosphoric ester groups is 1. The van der Waals surface area contributed by atoms with Crippen molar-refractivity contribution < 1.29 is 32.9 Å². The molecule has 0 aliphatic carbocycles. The predicted octanol–water partition coefficient (Wildman–Crippen LogP) is 11.3. The largest absolute Gasteiger partial charge is 0.472 e. The van der Waals surface area contributed by atoms with Crippen molar-refractivity contribution in [1.29, 1.82) is 0 Å². The summed E-state index contributed by atoms with van der Waals surface area (Å²) < 4.78 is 23.3. The maximum atomic E-state index is 12.7. The van der Waals surface area contributed by atoms with Gasteiger partial charge in [0.15, 0.2) is 0 Å². The van der Waals surface area contributed by atoms with Gasteiger partial charge in [0, 0.05) is 6.42 Å². The van der Waals surface area contributed by atoms with Crippen LogP contribution in [0.25, 0.3) is 0 Å². The first-order valence-electron chi connectivity index (χ1n) is 21.0. The second-order valence-corrected chi connectivity index (χ2v) is 16.8. The molecule has 3 atom stereocenters. The number of rotatable bonds is 37. The van der Waals surface area contributed by atoms with Gasteiger partial charge in [-0.2, -0.15) is 0 Å². The number of phosphoric acid groups is 1. The summed E-state index contributed by atoms with van der Waals surface area (Å²) in [7, 11) is 1.60. The summed E-state index contributed by atoms with van der Waals surface area (Å²) in [6, 6.07) is -0.756. The highest BCUT2D eigenvalue weighted by Crippen LogP contribution is 2.43. The van der Waals surface area contributed by atoms with E-state index in [9.17, 15) is 19.4 Å². The lowest BCUT2D eigenvalue weighted by Crippen LogP contribution is -2.46. The molecule has 52 heavy (non-hydrogen) atoms. The smallest absolute Gasteiger partial charge is 0.391 e. The molecule has 0 bridgehead atoms. The molecule has 0 spiro atoms. The number of nitrogens with one attached hydrogen (secondary N) is 1. The fourth-order valence-corrected chi connectivity index (χ4v) is 6.48. The number of amides is 1. The van der Waals surface area contributed by atoms with Gasteiger partial charge in [0.05, 0.1) is 39.9 Å². The van der Waals surface area contributed by atoms with E-state index in [2.05, 4.69) is 67.8 Å². The Balaban J connectivity index is 3.87. The van der Waals surface area contributed by atoms with Crippen molar-refractivity contribution in [1.82, 2.24) is 5.32 Å². The quantitative estimate of drug-likeness (QED) is 0.0252. The molecule has 8 nitrogen and oxygen atoms in total. The van der Waals surface area contributed by atoms with Crippen LogP contribution in [0.15, 0.2) is 48.6 Å². The number of nitrogens with zero attached hydrogens (tertiary/aromatic N) is 1. The summed E-state index contributed by atoms with van der Waals surface area (Å²) in [6.45, 7) is 4.59. The van der Waals surface area contributed by atoms with Gasteiger partial charge >= 0.3 is 7.82 Å². The zero-order valence-electron chi connectivity index (χ0n) is 34.3. The summed E-state index contributed by atoms with van der Waals surface area (Å²) in [5, 5.41) is 13.6. The van der Waals surface area contributed by atoms with E-state index in [0.717, 1.165) is 64.2 Å². The predicted molar refractivity (Wildman–Crippen MR) is 221 cm³/mol. The van der Waals surface area contributed by atoms with E-state index >= 15 is 0 Å². The third-order valence-corrected chi connectivity index (χ3v) is 10.1. The number of quaternary nitrogens is 1. The first kappa shape index (κ1) is 50.5. The molecule has 0 saturated carbocycles. The lowest BCUT2D eigenvalue weighted by Gasteiger charge is -2.26. The highest BCUT2D eigenvalue weighted by atomic mass is 31.2.